The number of hydrogen-bond donors (Lipinski definition) is 1. The van der Waals surface area contributed by atoms with Gasteiger partial charge in [0, 0.05) is 25.8 Å². The molecule has 0 bridgehead atoms. The maximum atomic E-state index is 4.20. The van der Waals surface area contributed by atoms with Crippen molar-refractivity contribution in [3.8, 4) is 0 Å². The van der Waals surface area contributed by atoms with E-state index in [-0.39, 0.29) is 0 Å². The Bertz CT molecular complexity index is 322. The molecule has 1 aromatic rings. The van der Waals surface area contributed by atoms with Gasteiger partial charge in [0.25, 0.3) is 0 Å². The first-order valence-corrected chi connectivity index (χ1v) is 6.38. The Balaban J connectivity index is 1.91. The summed E-state index contributed by atoms with van der Waals surface area (Å²) in [4.78, 5) is 0. The first-order valence-electron chi connectivity index (χ1n) is 6.38. The predicted octanol–water partition coefficient (Wildman–Crippen LogP) is 2.33. The molecule has 0 saturated heterocycles. The normalized spacial score (nSPS) is 30.6. The Morgan fingerprint density at radius 3 is 2.62 bits per heavy atom. The van der Waals surface area contributed by atoms with E-state index in [2.05, 4.69) is 30.3 Å². The van der Waals surface area contributed by atoms with Gasteiger partial charge in [-0.05, 0) is 30.7 Å². The molecule has 2 atom stereocenters. The average Bonchev–Trinajstić information content (AvgIpc) is 2.64. The molecule has 2 rings (SSSR count). The van der Waals surface area contributed by atoms with E-state index in [1.165, 1.54) is 25.0 Å². The van der Waals surface area contributed by atoms with Crippen molar-refractivity contribution in [3.05, 3.63) is 18.0 Å². The van der Waals surface area contributed by atoms with E-state index in [1.807, 2.05) is 17.9 Å². The van der Waals surface area contributed by atoms with Gasteiger partial charge >= 0.3 is 0 Å². The van der Waals surface area contributed by atoms with Gasteiger partial charge in [-0.3, -0.25) is 4.68 Å². The van der Waals surface area contributed by atoms with E-state index in [0.717, 1.165) is 18.4 Å². The van der Waals surface area contributed by atoms with Crippen LogP contribution in [0.15, 0.2) is 12.3 Å². The summed E-state index contributed by atoms with van der Waals surface area (Å²) < 4.78 is 1.95. The van der Waals surface area contributed by atoms with E-state index in [0.29, 0.717) is 6.04 Å². The molecule has 3 heteroatoms. The second-order valence-electron chi connectivity index (χ2n) is 5.24. The van der Waals surface area contributed by atoms with Crippen LogP contribution in [0.1, 0.15) is 38.8 Å². The first kappa shape index (κ1) is 11.6. The molecule has 1 aromatic heterocycles. The molecule has 0 spiro atoms. The number of aromatic nitrogens is 2. The quantitative estimate of drug-likeness (QED) is 0.849. The lowest BCUT2D eigenvalue weighted by Gasteiger charge is -2.35. The highest BCUT2D eigenvalue weighted by Gasteiger charge is 2.27. The minimum absolute atomic E-state index is 0.670. The number of nitrogens with one attached hydrogen (secondary N) is 1. The Kier molecular flexibility index (Phi) is 3.64. The van der Waals surface area contributed by atoms with Crippen LogP contribution in [0.4, 0.5) is 0 Å². The average molecular weight is 221 g/mol. The molecule has 0 aromatic carbocycles. The molecular formula is C13H23N3. The van der Waals surface area contributed by atoms with Gasteiger partial charge in [-0.25, -0.2) is 0 Å². The van der Waals surface area contributed by atoms with Gasteiger partial charge in [0.15, 0.2) is 0 Å². The van der Waals surface area contributed by atoms with Crippen LogP contribution >= 0.6 is 0 Å². The third-order valence-electron chi connectivity index (χ3n) is 3.99. The molecule has 1 aliphatic rings. The maximum Gasteiger partial charge on any atom is 0.0518 e. The fourth-order valence-electron chi connectivity index (χ4n) is 2.88. The summed E-state index contributed by atoms with van der Waals surface area (Å²) in [6, 6.07) is 2.76. The zero-order valence-corrected chi connectivity index (χ0v) is 10.6. The van der Waals surface area contributed by atoms with E-state index >= 15 is 0 Å². The summed E-state index contributed by atoms with van der Waals surface area (Å²) in [7, 11) is 2.00. The minimum Gasteiger partial charge on any atom is -0.308 e. The Labute approximate surface area is 98.2 Å². The molecule has 1 heterocycles. The van der Waals surface area contributed by atoms with E-state index in [4.69, 9.17) is 0 Å². The van der Waals surface area contributed by atoms with Crippen molar-refractivity contribution < 1.29 is 0 Å². The molecule has 0 aliphatic heterocycles. The summed E-state index contributed by atoms with van der Waals surface area (Å²) in [6.07, 6.45) is 6.00. The molecule has 16 heavy (non-hydrogen) atoms. The van der Waals surface area contributed by atoms with Crippen LogP contribution in [-0.2, 0) is 13.6 Å². The predicted molar refractivity (Wildman–Crippen MR) is 66.0 cm³/mol. The van der Waals surface area contributed by atoms with Crippen LogP contribution in [0, 0.1) is 11.8 Å². The van der Waals surface area contributed by atoms with Crippen LogP contribution in [0.5, 0.6) is 0 Å². The lowest BCUT2D eigenvalue weighted by molar-refractivity contribution is 0.206. The van der Waals surface area contributed by atoms with Crippen molar-refractivity contribution in [3.63, 3.8) is 0 Å². The van der Waals surface area contributed by atoms with E-state index in [1.54, 1.807) is 0 Å². The molecule has 3 nitrogen and oxygen atoms in total. The zero-order valence-electron chi connectivity index (χ0n) is 10.6. The SMILES string of the molecule is CC1CCCC(C)C1NCc1ccnn1C. The zero-order chi connectivity index (χ0) is 11.5. The van der Waals surface area contributed by atoms with Gasteiger partial charge in [-0.1, -0.05) is 20.3 Å². The molecule has 90 valence electrons. The monoisotopic (exact) mass is 221 g/mol. The highest BCUT2D eigenvalue weighted by atomic mass is 15.3. The van der Waals surface area contributed by atoms with Crippen LogP contribution in [0.2, 0.25) is 0 Å². The highest BCUT2D eigenvalue weighted by molar-refractivity contribution is 5.00. The number of rotatable bonds is 3. The van der Waals surface area contributed by atoms with Gasteiger partial charge in [0.05, 0.1) is 5.69 Å². The van der Waals surface area contributed by atoms with Crippen molar-refractivity contribution >= 4 is 0 Å². The summed E-state index contributed by atoms with van der Waals surface area (Å²) in [5.74, 6) is 1.61. The van der Waals surface area contributed by atoms with Gasteiger partial charge in [-0.15, -0.1) is 0 Å². The largest absolute Gasteiger partial charge is 0.308 e. The van der Waals surface area contributed by atoms with Crippen LogP contribution < -0.4 is 5.32 Å². The standard InChI is InChI=1S/C13H23N3/c1-10-5-4-6-11(2)13(10)14-9-12-7-8-15-16(12)3/h7-8,10-11,13-14H,4-6,9H2,1-3H3. The summed E-state index contributed by atoms with van der Waals surface area (Å²) in [5.41, 5.74) is 1.27. The smallest absolute Gasteiger partial charge is 0.0518 e. The van der Waals surface area contributed by atoms with Gasteiger partial charge in [0.1, 0.15) is 0 Å². The van der Waals surface area contributed by atoms with Gasteiger partial charge < -0.3 is 5.32 Å². The third kappa shape index (κ3) is 2.46. The van der Waals surface area contributed by atoms with Crippen LogP contribution in [0.25, 0.3) is 0 Å². The fourth-order valence-corrected chi connectivity index (χ4v) is 2.88. The van der Waals surface area contributed by atoms with E-state index < -0.39 is 0 Å². The van der Waals surface area contributed by atoms with Gasteiger partial charge in [0.2, 0.25) is 0 Å². The van der Waals surface area contributed by atoms with Crippen LogP contribution in [-0.4, -0.2) is 15.8 Å². The number of nitrogens with zero attached hydrogens (tertiary/aromatic N) is 2. The second kappa shape index (κ2) is 5.00. The fraction of sp³-hybridized carbons (Fsp3) is 0.769. The topological polar surface area (TPSA) is 29.9 Å². The maximum absolute atomic E-state index is 4.20. The van der Waals surface area contributed by atoms with Crippen molar-refractivity contribution in [2.75, 3.05) is 0 Å². The highest BCUT2D eigenvalue weighted by Crippen LogP contribution is 2.28. The van der Waals surface area contributed by atoms with Crippen molar-refractivity contribution in [1.29, 1.82) is 0 Å². The molecular weight excluding hydrogens is 198 g/mol. The van der Waals surface area contributed by atoms with E-state index in [9.17, 15) is 0 Å². The first-order chi connectivity index (χ1) is 7.68. The Morgan fingerprint density at radius 2 is 2.06 bits per heavy atom. The molecule has 2 unspecified atom stereocenters. The molecule has 1 fully saturated rings. The summed E-state index contributed by atoms with van der Waals surface area (Å²) in [5, 5.41) is 7.90. The molecule has 1 saturated carbocycles. The lowest BCUT2D eigenvalue weighted by Crippen LogP contribution is -2.42. The molecule has 0 radical (unpaired) electrons. The lowest BCUT2D eigenvalue weighted by atomic mass is 9.79. The number of aryl methyl sites for hydroxylation is 1. The van der Waals surface area contributed by atoms with Crippen LogP contribution in [0.3, 0.4) is 0 Å². The number of hydrogen-bond acceptors (Lipinski definition) is 2. The second-order valence-corrected chi connectivity index (χ2v) is 5.24. The Hall–Kier alpha value is -0.830. The molecule has 1 aliphatic carbocycles. The van der Waals surface area contributed by atoms with Crippen molar-refractivity contribution in [2.45, 2.75) is 45.7 Å². The van der Waals surface area contributed by atoms with Gasteiger partial charge in [-0.2, -0.15) is 5.10 Å². The molecule has 0 amide bonds. The summed E-state index contributed by atoms with van der Waals surface area (Å²) >= 11 is 0. The third-order valence-corrected chi connectivity index (χ3v) is 3.99. The summed E-state index contributed by atoms with van der Waals surface area (Å²) in [6.45, 7) is 5.68. The minimum atomic E-state index is 0.670. The van der Waals surface area contributed by atoms with Crippen molar-refractivity contribution in [1.82, 2.24) is 15.1 Å². The van der Waals surface area contributed by atoms with Crippen molar-refractivity contribution in [2.24, 2.45) is 18.9 Å². The molecule has 1 N–H and O–H groups in total. The Morgan fingerprint density at radius 1 is 1.38 bits per heavy atom.